The molecule has 0 spiro atoms. The Kier molecular flexibility index (Phi) is 7.16. The van der Waals surface area contributed by atoms with Gasteiger partial charge in [-0.15, -0.1) is 0 Å². The third-order valence-electron chi connectivity index (χ3n) is 4.54. The van der Waals surface area contributed by atoms with E-state index in [-0.39, 0.29) is 0 Å². The summed E-state index contributed by atoms with van der Waals surface area (Å²) in [6.45, 7) is 4.62. The second kappa shape index (κ2) is 8.14. The van der Waals surface area contributed by atoms with Gasteiger partial charge < -0.3 is 0 Å². The fourth-order valence-electron chi connectivity index (χ4n) is 3.16. The molecule has 0 aromatic rings. The molecule has 0 heterocycles. The summed E-state index contributed by atoms with van der Waals surface area (Å²) in [6.07, 6.45) is 19.3. The molecule has 0 nitrogen and oxygen atoms in total. The van der Waals surface area contributed by atoms with Crippen LogP contribution >= 0.6 is 0 Å². The van der Waals surface area contributed by atoms with Crippen LogP contribution in [0.25, 0.3) is 0 Å². The van der Waals surface area contributed by atoms with Gasteiger partial charge in [0.25, 0.3) is 0 Å². The van der Waals surface area contributed by atoms with Gasteiger partial charge in [0.05, 0.1) is 0 Å². The first kappa shape index (κ1) is 14.1. The lowest BCUT2D eigenvalue weighted by molar-refractivity contribution is 0.0977. The van der Waals surface area contributed by atoms with Crippen molar-refractivity contribution in [3.8, 4) is 0 Å². The van der Waals surface area contributed by atoms with Crippen LogP contribution in [0.4, 0.5) is 0 Å². The number of hydrogen-bond donors (Lipinski definition) is 0. The number of hydrogen-bond acceptors (Lipinski definition) is 0. The van der Waals surface area contributed by atoms with Crippen LogP contribution in [0.3, 0.4) is 0 Å². The first-order valence-corrected chi connectivity index (χ1v) is 7.83. The van der Waals surface area contributed by atoms with Crippen LogP contribution in [-0.4, -0.2) is 0 Å². The fraction of sp³-hybridized carbons (Fsp3) is 1.00. The zero-order valence-corrected chi connectivity index (χ0v) is 11.7. The molecule has 1 aliphatic carbocycles. The normalized spacial score (nSPS) is 18.4. The van der Waals surface area contributed by atoms with Gasteiger partial charge in [-0.1, -0.05) is 71.6 Å². The highest BCUT2D eigenvalue weighted by Crippen LogP contribution is 2.49. The maximum absolute atomic E-state index is 2.31. The van der Waals surface area contributed by atoms with E-state index in [1.54, 1.807) is 25.7 Å². The zero-order chi connectivity index (χ0) is 11.7. The molecule has 0 saturated heterocycles. The van der Waals surface area contributed by atoms with E-state index in [9.17, 15) is 0 Å². The summed E-state index contributed by atoms with van der Waals surface area (Å²) in [7, 11) is 0. The van der Waals surface area contributed by atoms with Gasteiger partial charge in [-0.25, -0.2) is 0 Å². The number of rotatable bonds is 10. The maximum Gasteiger partial charge on any atom is -0.0297 e. The molecular formula is C16H32. The Bertz CT molecular complexity index is 141. The van der Waals surface area contributed by atoms with Gasteiger partial charge in [-0.3, -0.25) is 0 Å². The highest BCUT2D eigenvalue weighted by molar-refractivity contribution is 4.87. The minimum Gasteiger partial charge on any atom is -0.0654 e. The summed E-state index contributed by atoms with van der Waals surface area (Å²) in [5, 5.41) is 0. The van der Waals surface area contributed by atoms with E-state index in [1.165, 1.54) is 57.8 Å². The Morgan fingerprint density at radius 2 is 1.19 bits per heavy atom. The second-order valence-corrected chi connectivity index (χ2v) is 5.97. The number of unbranched alkanes of at least 4 members (excludes halogenated alkanes) is 6. The molecule has 1 saturated carbocycles. The smallest absolute Gasteiger partial charge is 0.0297 e. The molecular weight excluding hydrogens is 192 g/mol. The van der Waals surface area contributed by atoms with Crippen molar-refractivity contribution in [1.82, 2.24) is 0 Å². The molecule has 0 N–H and O–H groups in total. The highest BCUT2D eigenvalue weighted by Gasteiger charge is 2.35. The lowest BCUT2D eigenvalue weighted by atomic mass is 9.63. The first-order valence-electron chi connectivity index (χ1n) is 7.83. The molecule has 0 amide bonds. The van der Waals surface area contributed by atoms with Crippen molar-refractivity contribution in [3.63, 3.8) is 0 Å². The van der Waals surface area contributed by atoms with Gasteiger partial charge in [0.15, 0.2) is 0 Å². The van der Waals surface area contributed by atoms with Gasteiger partial charge in [0, 0.05) is 0 Å². The molecule has 0 unspecified atom stereocenters. The Labute approximate surface area is 103 Å². The Hall–Kier alpha value is 0. The minimum atomic E-state index is 0.821. The topological polar surface area (TPSA) is 0 Å². The Morgan fingerprint density at radius 3 is 1.50 bits per heavy atom. The molecule has 0 aliphatic heterocycles. The third kappa shape index (κ3) is 4.89. The minimum absolute atomic E-state index is 0.821. The van der Waals surface area contributed by atoms with E-state index in [0.717, 1.165) is 5.41 Å². The monoisotopic (exact) mass is 224 g/mol. The fourth-order valence-corrected chi connectivity index (χ4v) is 3.16. The van der Waals surface area contributed by atoms with Crippen molar-refractivity contribution >= 4 is 0 Å². The molecule has 96 valence electrons. The lowest BCUT2D eigenvalue weighted by Gasteiger charge is -2.42. The first-order chi connectivity index (χ1) is 7.83. The maximum atomic E-state index is 2.31. The highest BCUT2D eigenvalue weighted by atomic mass is 14.4. The molecule has 1 rings (SSSR count). The van der Waals surface area contributed by atoms with Crippen LogP contribution in [0.5, 0.6) is 0 Å². The van der Waals surface area contributed by atoms with E-state index in [2.05, 4.69) is 13.8 Å². The van der Waals surface area contributed by atoms with Gasteiger partial charge in [-0.2, -0.15) is 0 Å². The summed E-state index contributed by atoms with van der Waals surface area (Å²) in [4.78, 5) is 0. The summed E-state index contributed by atoms with van der Waals surface area (Å²) in [6, 6.07) is 0. The summed E-state index contributed by atoms with van der Waals surface area (Å²) in [5.41, 5.74) is 0.821. The van der Waals surface area contributed by atoms with E-state index < -0.39 is 0 Å². The Morgan fingerprint density at radius 1 is 0.688 bits per heavy atom. The van der Waals surface area contributed by atoms with Crippen molar-refractivity contribution in [2.45, 2.75) is 97.3 Å². The average molecular weight is 224 g/mol. The van der Waals surface area contributed by atoms with Crippen molar-refractivity contribution in [3.05, 3.63) is 0 Å². The van der Waals surface area contributed by atoms with Crippen LogP contribution in [-0.2, 0) is 0 Å². The Balaban J connectivity index is 2.07. The molecule has 1 aliphatic rings. The van der Waals surface area contributed by atoms with E-state index >= 15 is 0 Å². The zero-order valence-electron chi connectivity index (χ0n) is 11.7. The summed E-state index contributed by atoms with van der Waals surface area (Å²) < 4.78 is 0. The largest absolute Gasteiger partial charge is 0.0654 e. The SMILES string of the molecule is CCCCCCC1(CCCCCC)CCC1. The van der Waals surface area contributed by atoms with E-state index in [0.29, 0.717) is 0 Å². The van der Waals surface area contributed by atoms with Gasteiger partial charge in [0.1, 0.15) is 0 Å². The van der Waals surface area contributed by atoms with Crippen molar-refractivity contribution in [2.75, 3.05) is 0 Å². The summed E-state index contributed by atoms with van der Waals surface area (Å²) >= 11 is 0. The quantitative estimate of drug-likeness (QED) is 0.393. The molecule has 0 aromatic heterocycles. The van der Waals surface area contributed by atoms with Gasteiger partial charge in [-0.05, 0) is 31.1 Å². The predicted molar refractivity (Wildman–Crippen MR) is 73.8 cm³/mol. The lowest BCUT2D eigenvalue weighted by Crippen LogP contribution is -2.29. The molecule has 1 fully saturated rings. The predicted octanol–water partition coefficient (Wildman–Crippen LogP) is 6.10. The second-order valence-electron chi connectivity index (χ2n) is 5.97. The molecule has 16 heavy (non-hydrogen) atoms. The van der Waals surface area contributed by atoms with Crippen LogP contribution in [0, 0.1) is 5.41 Å². The molecule has 0 bridgehead atoms. The van der Waals surface area contributed by atoms with Gasteiger partial charge >= 0.3 is 0 Å². The van der Waals surface area contributed by atoms with Crippen LogP contribution in [0.2, 0.25) is 0 Å². The third-order valence-corrected chi connectivity index (χ3v) is 4.54. The van der Waals surface area contributed by atoms with Crippen molar-refractivity contribution in [1.29, 1.82) is 0 Å². The molecule has 0 heteroatoms. The van der Waals surface area contributed by atoms with Crippen LogP contribution in [0.15, 0.2) is 0 Å². The average Bonchev–Trinajstić information content (AvgIpc) is 2.25. The summed E-state index contributed by atoms with van der Waals surface area (Å²) in [5.74, 6) is 0. The molecule has 0 radical (unpaired) electrons. The molecule has 0 atom stereocenters. The van der Waals surface area contributed by atoms with E-state index in [1.807, 2.05) is 0 Å². The van der Waals surface area contributed by atoms with Crippen molar-refractivity contribution < 1.29 is 0 Å². The standard InChI is InChI=1S/C16H32/c1-3-5-7-9-12-16(14-11-15-16)13-10-8-6-4-2/h3-15H2,1-2H3. The van der Waals surface area contributed by atoms with Gasteiger partial charge in [0.2, 0.25) is 0 Å². The van der Waals surface area contributed by atoms with Crippen LogP contribution < -0.4 is 0 Å². The van der Waals surface area contributed by atoms with Crippen molar-refractivity contribution in [2.24, 2.45) is 5.41 Å². The van der Waals surface area contributed by atoms with E-state index in [4.69, 9.17) is 0 Å². The molecule has 0 aromatic carbocycles. The van der Waals surface area contributed by atoms with Crippen LogP contribution in [0.1, 0.15) is 97.3 Å².